The lowest BCUT2D eigenvalue weighted by Crippen LogP contribution is -2.14. The predicted octanol–water partition coefficient (Wildman–Crippen LogP) is 1.75. The van der Waals surface area contributed by atoms with Gasteiger partial charge in [0.2, 0.25) is 0 Å². The summed E-state index contributed by atoms with van der Waals surface area (Å²) in [5, 5.41) is 0. The molecule has 86 valence electrons. The molecule has 0 aliphatic heterocycles. The van der Waals surface area contributed by atoms with E-state index in [0.717, 1.165) is 12.1 Å². The van der Waals surface area contributed by atoms with Gasteiger partial charge in [-0.25, -0.2) is 8.78 Å². The third-order valence-electron chi connectivity index (χ3n) is 1.92. The Balaban J connectivity index is 2.81. The second-order valence-corrected chi connectivity index (χ2v) is 3.17. The predicted molar refractivity (Wildman–Crippen MR) is 52.2 cm³/mol. The van der Waals surface area contributed by atoms with Gasteiger partial charge in [-0.05, 0) is 12.1 Å². The van der Waals surface area contributed by atoms with E-state index in [1.807, 2.05) is 0 Å². The first kappa shape index (κ1) is 12.4. The normalized spacial score (nSPS) is 10.2. The molecule has 0 radical (unpaired) electrons. The summed E-state index contributed by atoms with van der Waals surface area (Å²) >= 11 is 0. The standard InChI is InChI=1S/C11H10F2O3/c1-16-6-7(14)5-10(15)8-3-2-4-9(12)11(8)13/h2-4H,5-6H2,1H3. The molecule has 0 amide bonds. The molecule has 0 aliphatic rings. The molecular weight excluding hydrogens is 218 g/mol. The Kier molecular flexibility index (Phi) is 4.25. The first-order valence-electron chi connectivity index (χ1n) is 4.54. The van der Waals surface area contributed by atoms with Gasteiger partial charge >= 0.3 is 0 Å². The Hall–Kier alpha value is -1.62. The summed E-state index contributed by atoms with van der Waals surface area (Å²) < 4.78 is 30.5. The largest absolute Gasteiger partial charge is 0.377 e. The molecule has 1 aromatic carbocycles. The highest BCUT2D eigenvalue weighted by atomic mass is 19.2. The van der Waals surface area contributed by atoms with E-state index < -0.39 is 35.2 Å². The van der Waals surface area contributed by atoms with Crippen LogP contribution in [0.4, 0.5) is 8.78 Å². The third kappa shape index (κ3) is 2.93. The van der Waals surface area contributed by atoms with Gasteiger partial charge in [0, 0.05) is 7.11 Å². The highest BCUT2D eigenvalue weighted by Gasteiger charge is 2.17. The summed E-state index contributed by atoms with van der Waals surface area (Å²) in [7, 11) is 1.31. The van der Waals surface area contributed by atoms with Crippen LogP contribution >= 0.6 is 0 Å². The van der Waals surface area contributed by atoms with Crippen molar-refractivity contribution < 1.29 is 23.1 Å². The minimum atomic E-state index is -1.22. The number of ether oxygens (including phenoxy) is 1. The fraction of sp³-hybridized carbons (Fsp3) is 0.273. The van der Waals surface area contributed by atoms with E-state index in [2.05, 4.69) is 4.74 Å². The topological polar surface area (TPSA) is 43.4 Å². The number of carbonyl (C=O) groups is 2. The third-order valence-corrected chi connectivity index (χ3v) is 1.92. The van der Waals surface area contributed by atoms with E-state index in [-0.39, 0.29) is 6.61 Å². The van der Waals surface area contributed by atoms with Gasteiger partial charge in [-0.2, -0.15) is 0 Å². The van der Waals surface area contributed by atoms with Crippen LogP contribution in [0.15, 0.2) is 18.2 Å². The van der Waals surface area contributed by atoms with E-state index in [1.165, 1.54) is 13.2 Å². The van der Waals surface area contributed by atoms with Crippen LogP contribution in [0.25, 0.3) is 0 Å². The van der Waals surface area contributed by atoms with Crippen molar-refractivity contribution in [3.8, 4) is 0 Å². The molecule has 0 fully saturated rings. The van der Waals surface area contributed by atoms with Crippen LogP contribution in [0, 0.1) is 11.6 Å². The lowest BCUT2D eigenvalue weighted by atomic mass is 10.1. The highest BCUT2D eigenvalue weighted by molar-refractivity contribution is 6.08. The van der Waals surface area contributed by atoms with Crippen LogP contribution < -0.4 is 0 Å². The second-order valence-electron chi connectivity index (χ2n) is 3.17. The molecule has 0 unspecified atom stereocenters. The Labute approximate surface area is 91.0 Å². The molecule has 0 saturated heterocycles. The molecule has 0 atom stereocenters. The van der Waals surface area contributed by atoms with Gasteiger partial charge in [0.25, 0.3) is 0 Å². The minimum absolute atomic E-state index is 0.220. The molecule has 1 rings (SSSR count). The minimum Gasteiger partial charge on any atom is -0.377 e. The molecule has 0 saturated carbocycles. The number of ketones is 2. The van der Waals surface area contributed by atoms with Crippen LogP contribution in [-0.4, -0.2) is 25.3 Å². The molecule has 0 N–H and O–H groups in total. The number of benzene rings is 1. The number of hydrogen-bond donors (Lipinski definition) is 0. The Morgan fingerprint density at radius 1 is 1.31 bits per heavy atom. The SMILES string of the molecule is COCC(=O)CC(=O)c1cccc(F)c1F. The maximum atomic E-state index is 13.1. The van der Waals surface area contributed by atoms with Crippen molar-refractivity contribution in [2.75, 3.05) is 13.7 Å². The smallest absolute Gasteiger partial charge is 0.173 e. The molecule has 0 aliphatic carbocycles. The highest BCUT2D eigenvalue weighted by Crippen LogP contribution is 2.13. The van der Waals surface area contributed by atoms with Gasteiger partial charge in [0.05, 0.1) is 12.0 Å². The van der Waals surface area contributed by atoms with E-state index in [0.29, 0.717) is 0 Å². The van der Waals surface area contributed by atoms with E-state index in [9.17, 15) is 18.4 Å². The fourth-order valence-electron chi connectivity index (χ4n) is 1.21. The summed E-state index contributed by atoms with van der Waals surface area (Å²) in [4.78, 5) is 22.5. The van der Waals surface area contributed by atoms with E-state index in [4.69, 9.17) is 0 Å². The van der Waals surface area contributed by atoms with E-state index in [1.54, 1.807) is 0 Å². The fourth-order valence-corrected chi connectivity index (χ4v) is 1.21. The average molecular weight is 228 g/mol. The van der Waals surface area contributed by atoms with Gasteiger partial charge in [-0.3, -0.25) is 9.59 Å². The first-order valence-corrected chi connectivity index (χ1v) is 4.54. The molecule has 0 bridgehead atoms. The van der Waals surface area contributed by atoms with Crippen molar-refractivity contribution in [3.63, 3.8) is 0 Å². The van der Waals surface area contributed by atoms with Crippen molar-refractivity contribution in [2.24, 2.45) is 0 Å². The summed E-state index contributed by atoms with van der Waals surface area (Å²) in [6, 6.07) is 3.26. The molecule has 0 heterocycles. The van der Waals surface area contributed by atoms with Gasteiger partial charge in [0.1, 0.15) is 6.61 Å². The maximum absolute atomic E-state index is 13.1. The van der Waals surface area contributed by atoms with Crippen LogP contribution in [0.3, 0.4) is 0 Å². The van der Waals surface area contributed by atoms with Crippen LogP contribution in [-0.2, 0) is 9.53 Å². The number of carbonyl (C=O) groups excluding carboxylic acids is 2. The van der Waals surface area contributed by atoms with Crippen molar-refractivity contribution >= 4 is 11.6 Å². The molecule has 1 aromatic rings. The van der Waals surface area contributed by atoms with Gasteiger partial charge in [-0.15, -0.1) is 0 Å². The maximum Gasteiger partial charge on any atom is 0.173 e. The summed E-state index contributed by atoms with van der Waals surface area (Å²) in [6.45, 7) is -0.220. The Bertz CT molecular complexity index is 416. The number of rotatable bonds is 5. The van der Waals surface area contributed by atoms with Crippen molar-refractivity contribution in [1.82, 2.24) is 0 Å². The Morgan fingerprint density at radius 2 is 2.00 bits per heavy atom. The van der Waals surface area contributed by atoms with Crippen molar-refractivity contribution in [2.45, 2.75) is 6.42 Å². The number of hydrogen-bond acceptors (Lipinski definition) is 3. The lowest BCUT2D eigenvalue weighted by molar-refractivity contribution is -0.121. The first-order chi connectivity index (χ1) is 7.56. The average Bonchev–Trinajstić information content (AvgIpc) is 2.22. The van der Waals surface area contributed by atoms with Crippen LogP contribution in [0.2, 0.25) is 0 Å². The number of halogens is 2. The van der Waals surface area contributed by atoms with Gasteiger partial charge in [0.15, 0.2) is 23.2 Å². The monoisotopic (exact) mass is 228 g/mol. The zero-order chi connectivity index (χ0) is 12.1. The van der Waals surface area contributed by atoms with Crippen LogP contribution in [0.1, 0.15) is 16.8 Å². The lowest BCUT2D eigenvalue weighted by Gasteiger charge is -2.02. The van der Waals surface area contributed by atoms with Gasteiger partial charge in [-0.1, -0.05) is 6.07 Å². The van der Waals surface area contributed by atoms with Gasteiger partial charge < -0.3 is 4.74 Å². The molecule has 5 heteroatoms. The zero-order valence-corrected chi connectivity index (χ0v) is 8.63. The Morgan fingerprint density at radius 3 is 2.62 bits per heavy atom. The summed E-state index contributed by atoms with van der Waals surface area (Å²) in [5.41, 5.74) is -0.413. The van der Waals surface area contributed by atoms with Crippen molar-refractivity contribution in [1.29, 1.82) is 0 Å². The number of Topliss-reactive ketones (excluding diaryl/α,β-unsaturated/α-hetero) is 2. The number of methoxy groups -OCH3 is 1. The second kappa shape index (κ2) is 5.46. The molecular formula is C11H10F2O3. The molecule has 3 nitrogen and oxygen atoms in total. The van der Waals surface area contributed by atoms with Crippen molar-refractivity contribution in [3.05, 3.63) is 35.4 Å². The van der Waals surface area contributed by atoms with E-state index >= 15 is 0 Å². The summed E-state index contributed by atoms with van der Waals surface area (Å²) in [6.07, 6.45) is -0.492. The zero-order valence-electron chi connectivity index (χ0n) is 8.63. The molecule has 0 aromatic heterocycles. The summed E-state index contributed by atoms with van der Waals surface area (Å²) in [5.74, 6) is -3.56. The molecule has 0 spiro atoms. The quantitative estimate of drug-likeness (QED) is 0.569. The molecule has 16 heavy (non-hydrogen) atoms. The van der Waals surface area contributed by atoms with Crippen LogP contribution in [0.5, 0.6) is 0 Å².